The van der Waals surface area contributed by atoms with Gasteiger partial charge in [0.05, 0.1) is 12.7 Å². The molecule has 1 aromatic rings. The van der Waals surface area contributed by atoms with Gasteiger partial charge in [0.1, 0.15) is 16.5 Å². The number of hydrogen-bond acceptors (Lipinski definition) is 4. The molecule has 0 aliphatic carbocycles. The largest absolute Gasteiger partial charge is 0.374 e. The second-order valence-corrected chi connectivity index (χ2v) is 6.07. The van der Waals surface area contributed by atoms with Gasteiger partial charge in [0.2, 0.25) is 10.0 Å². The maximum atomic E-state index is 13.6. The van der Waals surface area contributed by atoms with Gasteiger partial charge in [-0.2, -0.15) is 4.31 Å². The summed E-state index contributed by atoms with van der Waals surface area (Å²) >= 11 is 0. The number of rotatable bonds is 3. The van der Waals surface area contributed by atoms with Crippen molar-refractivity contribution in [2.45, 2.75) is 11.0 Å². The van der Waals surface area contributed by atoms with E-state index in [1.807, 2.05) is 0 Å². The summed E-state index contributed by atoms with van der Waals surface area (Å²) in [6.45, 7) is 0.471. The molecule has 8 heteroatoms. The molecule has 0 amide bonds. The predicted octanol–water partition coefficient (Wildman–Crippen LogP) is 0.313. The first-order valence-corrected chi connectivity index (χ1v) is 7.16. The number of sulfonamides is 1. The number of halogens is 2. The molecule has 0 radical (unpaired) electrons. The van der Waals surface area contributed by atoms with Gasteiger partial charge in [-0.15, -0.1) is 0 Å². The van der Waals surface area contributed by atoms with Gasteiger partial charge < -0.3 is 10.5 Å². The Kier molecular flexibility index (Phi) is 4.14. The molecule has 0 saturated carbocycles. The number of morpholine rings is 1. The van der Waals surface area contributed by atoms with E-state index < -0.39 is 32.7 Å². The molecule has 2 N–H and O–H groups in total. The van der Waals surface area contributed by atoms with Crippen molar-refractivity contribution < 1.29 is 21.9 Å². The highest BCUT2D eigenvalue weighted by molar-refractivity contribution is 7.89. The highest BCUT2D eigenvalue weighted by Crippen LogP contribution is 2.22. The minimum Gasteiger partial charge on any atom is -0.374 e. The van der Waals surface area contributed by atoms with E-state index in [4.69, 9.17) is 10.5 Å². The topological polar surface area (TPSA) is 72.6 Å². The molecule has 1 aliphatic rings. The average Bonchev–Trinajstić information content (AvgIpc) is 2.41. The van der Waals surface area contributed by atoms with Gasteiger partial charge in [-0.1, -0.05) is 0 Å². The fraction of sp³-hybridized carbons (Fsp3) is 0.455. The first kappa shape index (κ1) is 14.3. The fourth-order valence-electron chi connectivity index (χ4n) is 1.87. The molecule has 19 heavy (non-hydrogen) atoms. The van der Waals surface area contributed by atoms with Gasteiger partial charge in [0, 0.05) is 19.6 Å². The molecule has 1 saturated heterocycles. The minimum absolute atomic E-state index is 0.0365. The monoisotopic (exact) mass is 292 g/mol. The molecule has 0 aromatic heterocycles. The predicted molar refractivity (Wildman–Crippen MR) is 63.9 cm³/mol. The molecule has 1 aliphatic heterocycles. The van der Waals surface area contributed by atoms with Crippen molar-refractivity contribution in [3.8, 4) is 0 Å². The van der Waals surface area contributed by atoms with Crippen LogP contribution in [-0.2, 0) is 14.8 Å². The summed E-state index contributed by atoms with van der Waals surface area (Å²) in [5.41, 5.74) is 5.42. The van der Waals surface area contributed by atoms with Crippen molar-refractivity contribution in [3.05, 3.63) is 29.8 Å². The number of hydrogen-bond donors (Lipinski definition) is 1. The summed E-state index contributed by atoms with van der Waals surface area (Å²) < 4.78 is 57.5. The van der Waals surface area contributed by atoms with Crippen LogP contribution in [0.25, 0.3) is 0 Å². The molecule has 0 bridgehead atoms. The summed E-state index contributed by atoms with van der Waals surface area (Å²) in [4.78, 5) is -0.662. The summed E-state index contributed by atoms with van der Waals surface area (Å²) in [5.74, 6) is -1.78. The summed E-state index contributed by atoms with van der Waals surface area (Å²) in [6, 6.07) is 2.34. The van der Waals surface area contributed by atoms with Crippen LogP contribution in [-0.4, -0.2) is 45.1 Å². The van der Waals surface area contributed by atoms with E-state index >= 15 is 0 Å². The van der Waals surface area contributed by atoms with Gasteiger partial charge in [-0.05, 0) is 18.2 Å². The second kappa shape index (κ2) is 5.49. The molecular formula is C11H14F2N2O3S. The molecule has 1 atom stereocenters. The molecule has 2 rings (SSSR count). The van der Waals surface area contributed by atoms with Crippen LogP contribution in [0.15, 0.2) is 23.1 Å². The maximum Gasteiger partial charge on any atom is 0.246 e. The van der Waals surface area contributed by atoms with Crippen LogP contribution < -0.4 is 5.73 Å². The third-order valence-corrected chi connectivity index (χ3v) is 4.76. The first-order valence-electron chi connectivity index (χ1n) is 5.72. The van der Waals surface area contributed by atoms with Crippen molar-refractivity contribution in [2.24, 2.45) is 5.73 Å². The molecular weight excluding hydrogens is 278 g/mol. The van der Waals surface area contributed by atoms with E-state index in [0.29, 0.717) is 6.07 Å². The quantitative estimate of drug-likeness (QED) is 0.870. The lowest BCUT2D eigenvalue weighted by Gasteiger charge is -2.31. The zero-order chi connectivity index (χ0) is 14.0. The van der Waals surface area contributed by atoms with E-state index in [1.54, 1.807) is 0 Å². The lowest BCUT2D eigenvalue weighted by Crippen LogP contribution is -2.48. The van der Waals surface area contributed by atoms with Crippen LogP contribution in [0, 0.1) is 11.6 Å². The van der Waals surface area contributed by atoms with Gasteiger partial charge in [-0.25, -0.2) is 17.2 Å². The molecule has 0 unspecified atom stereocenters. The summed E-state index contributed by atoms with van der Waals surface area (Å²) in [6.07, 6.45) is -0.430. The Hall–Kier alpha value is -1.09. The van der Waals surface area contributed by atoms with Gasteiger partial charge >= 0.3 is 0 Å². The lowest BCUT2D eigenvalue weighted by molar-refractivity contribution is 0.00444. The normalized spacial score (nSPS) is 21.5. The van der Waals surface area contributed by atoms with E-state index in [-0.39, 0.29) is 26.2 Å². The van der Waals surface area contributed by atoms with Crippen molar-refractivity contribution in [3.63, 3.8) is 0 Å². The molecule has 1 fully saturated rings. The van der Waals surface area contributed by atoms with Crippen LogP contribution in [0.2, 0.25) is 0 Å². The zero-order valence-electron chi connectivity index (χ0n) is 10.1. The van der Waals surface area contributed by atoms with Crippen molar-refractivity contribution in [1.82, 2.24) is 4.31 Å². The highest BCUT2D eigenvalue weighted by Gasteiger charge is 2.32. The smallest absolute Gasteiger partial charge is 0.246 e. The summed E-state index contributed by atoms with van der Waals surface area (Å²) in [5, 5.41) is 0. The van der Waals surface area contributed by atoms with Crippen LogP contribution in [0.3, 0.4) is 0 Å². The Morgan fingerprint density at radius 1 is 1.42 bits per heavy atom. The standard InChI is InChI=1S/C11H14F2N2O3S/c12-8-1-2-10(13)11(5-8)19(16,17)15-3-4-18-9(6-14)7-15/h1-2,5,9H,3-4,6-7,14H2/t9-/m0/s1. The minimum atomic E-state index is -4.08. The van der Waals surface area contributed by atoms with Crippen molar-refractivity contribution in [2.75, 3.05) is 26.2 Å². The Bertz CT molecular complexity index is 565. The van der Waals surface area contributed by atoms with Crippen LogP contribution >= 0.6 is 0 Å². The van der Waals surface area contributed by atoms with Crippen LogP contribution in [0.1, 0.15) is 0 Å². The van der Waals surface area contributed by atoms with Gasteiger partial charge in [0.25, 0.3) is 0 Å². The SMILES string of the molecule is NC[C@H]1CN(S(=O)(=O)c2cc(F)ccc2F)CCO1. The van der Waals surface area contributed by atoms with Gasteiger partial charge in [0.15, 0.2) is 0 Å². The third kappa shape index (κ3) is 2.92. The molecule has 1 aromatic carbocycles. The van der Waals surface area contributed by atoms with E-state index in [9.17, 15) is 17.2 Å². The number of nitrogens with two attached hydrogens (primary N) is 1. The fourth-order valence-corrected chi connectivity index (χ4v) is 3.40. The summed E-state index contributed by atoms with van der Waals surface area (Å²) in [7, 11) is -4.08. The zero-order valence-corrected chi connectivity index (χ0v) is 10.9. The molecule has 0 spiro atoms. The average molecular weight is 292 g/mol. The highest BCUT2D eigenvalue weighted by atomic mass is 32.2. The number of benzene rings is 1. The molecule has 5 nitrogen and oxygen atoms in total. The number of nitrogens with zero attached hydrogens (tertiary/aromatic N) is 1. The Morgan fingerprint density at radius 2 is 2.16 bits per heavy atom. The van der Waals surface area contributed by atoms with E-state index in [1.165, 1.54) is 0 Å². The van der Waals surface area contributed by atoms with Crippen LogP contribution in [0.5, 0.6) is 0 Å². The van der Waals surface area contributed by atoms with Crippen molar-refractivity contribution in [1.29, 1.82) is 0 Å². The number of ether oxygens (including phenoxy) is 1. The van der Waals surface area contributed by atoms with Crippen molar-refractivity contribution >= 4 is 10.0 Å². The maximum absolute atomic E-state index is 13.6. The Balaban J connectivity index is 2.34. The van der Waals surface area contributed by atoms with Crippen LogP contribution in [0.4, 0.5) is 8.78 Å². The third-order valence-electron chi connectivity index (χ3n) is 2.88. The van der Waals surface area contributed by atoms with Gasteiger partial charge in [-0.3, -0.25) is 0 Å². The Labute approximate surface area is 110 Å². The lowest BCUT2D eigenvalue weighted by atomic mass is 10.3. The Morgan fingerprint density at radius 3 is 2.84 bits per heavy atom. The molecule has 106 valence electrons. The molecule has 1 heterocycles. The second-order valence-electron chi connectivity index (χ2n) is 4.17. The first-order chi connectivity index (χ1) is 8.95. The van der Waals surface area contributed by atoms with E-state index in [0.717, 1.165) is 16.4 Å². The van der Waals surface area contributed by atoms with E-state index in [2.05, 4.69) is 0 Å².